The zero-order chi connectivity index (χ0) is 16.6. The molecule has 2 aliphatic rings. The van der Waals surface area contributed by atoms with Crippen molar-refractivity contribution in [2.45, 2.75) is 26.2 Å². The summed E-state index contributed by atoms with van der Waals surface area (Å²) in [5, 5.41) is 0. The van der Waals surface area contributed by atoms with E-state index in [0.717, 1.165) is 36.7 Å². The third-order valence-corrected chi connectivity index (χ3v) is 6.22. The molecule has 0 spiro atoms. The Kier molecular flexibility index (Phi) is 4.14. The lowest BCUT2D eigenvalue weighted by molar-refractivity contribution is -0.119. The van der Waals surface area contributed by atoms with Crippen molar-refractivity contribution in [1.29, 1.82) is 0 Å². The monoisotopic (exact) mass is 336 g/mol. The van der Waals surface area contributed by atoms with Crippen LogP contribution in [0, 0.1) is 5.92 Å². The van der Waals surface area contributed by atoms with E-state index < -0.39 is 21.8 Å². The number of piperidine rings is 1. The standard InChI is InChI=1S/C16H20N2O4S/c1-12-11-23(21,22)18(15(12)19)14-7-5-13(6-8-14)16(20)17-9-3-2-4-10-17/h5-8,12H,2-4,9-11H2,1H3. The first-order valence-corrected chi connectivity index (χ1v) is 9.47. The average Bonchev–Trinajstić information content (AvgIpc) is 2.75. The van der Waals surface area contributed by atoms with Gasteiger partial charge >= 0.3 is 0 Å². The van der Waals surface area contributed by atoms with Gasteiger partial charge in [0.1, 0.15) is 0 Å². The molecular formula is C16H20N2O4S. The maximum absolute atomic E-state index is 12.4. The number of sulfonamides is 1. The largest absolute Gasteiger partial charge is 0.339 e. The molecule has 1 aromatic carbocycles. The van der Waals surface area contributed by atoms with Crippen LogP contribution in [0.3, 0.4) is 0 Å². The minimum absolute atomic E-state index is 0.0415. The lowest BCUT2D eigenvalue weighted by Crippen LogP contribution is -2.35. The van der Waals surface area contributed by atoms with Crippen LogP contribution < -0.4 is 4.31 Å². The van der Waals surface area contributed by atoms with Crippen molar-refractivity contribution >= 4 is 27.5 Å². The molecule has 0 bridgehead atoms. The maximum Gasteiger partial charge on any atom is 0.253 e. The van der Waals surface area contributed by atoms with Crippen LogP contribution in [-0.4, -0.2) is 44.0 Å². The van der Waals surface area contributed by atoms with E-state index in [1.165, 1.54) is 12.1 Å². The topological polar surface area (TPSA) is 74.8 Å². The number of nitrogens with zero attached hydrogens (tertiary/aromatic N) is 2. The molecule has 0 aliphatic carbocycles. The molecule has 0 aromatic heterocycles. The van der Waals surface area contributed by atoms with Gasteiger partial charge in [-0.25, -0.2) is 12.7 Å². The van der Waals surface area contributed by atoms with Gasteiger partial charge in [0.2, 0.25) is 15.9 Å². The number of hydrogen-bond donors (Lipinski definition) is 0. The van der Waals surface area contributed by atoms with Crippen LogP contribution in [0.5, 0.6) is 0 Å². The zero-order valence-corrected chi connectivity index (χ0v) is 13.9. The summed E-state index contributed by atoms with van der Waals surface area (Å²) in [4.78, 5) is 26.3. The highest BCUT2D eigenvalue weighted by Crippen LogP contribution is 2.28. The van der Waals surface area contributed by atoms with Crippen LogP contribution in [0.1, 0.15) is 36.5 Å². The lowest BCUT2D eigenvalue weighted by Gasteiger charge is -2.26. The van der Waals surface area contributed by atoms with Gasteiger partial charge in [-0.3, -0.25) is 9.59 Å². The first-order chi connectivity index (χ1) is 10.9. The van der Waals surface area contributed by atoms with Crippen LogP contribution in [0.4, 0.5) is 5.69 Å². The Morgan fingerprint density at radius 1 is 1.09 bits per heavy atom. The molecule has 1 aromatic rings. The van der Waals surface area contributed by atoms with E-state index in [4.69, 9.17) is 0 Å². The Morgan fingerprint density at radius 2 is 1.70 bits per heavy atom. The fraction of sp³-hybridized carbons (Fsp3) is 0.500. The molecule has 7 heteroatoms. The normalized spacial score (nSPS) is 24.0. The number of anilines is 1. The highest BCUT2D eigenvalue weighted by Gasteiger charge is 2.41. The molecule has 0 radical (unpaired) electrons. The van der Waals surface area contributed by atoms with Crippen molar-refractivity contribution in [2.24, 2.45) is 5.92 Å². The zero-order valence-electron chi connectivity index (χ0n) is 13.1. The average molecular weight is 336 g/mol. The van der Waals surface area contributed by atoms with Crippen molar-refractivity contribution in [3.8, 4) is 0 Å². The Morgan fingerprint density at radius 3 is 2.22 bits per heavy atom. The number of carbonyl (C=O) groups is 2. The van der Waals surface area contributed by atoms with Gasteiger partial charge in [-0.15, -0.1) is 0 Å². The number of benzene rings is 1. The summed E-state index contributed by atoms with van der Waals surface area (Å²) in [6.45, 7) is 3.13. The maximum atomic E-state index is 12.4. The fourth-order valence-electron chi connectivity index (χ4n) is 3.11. The van der Waals surface area contributed by atoms with Crippen molar-refractivity contribution in [3.63, 3.8) is 0 Å². The number of rotatable bonds is 2. The molecule has 2 heterocycles. The third-order valence-electron chi connectivity index (χ3n) is 4.35. The summed E-state index contributed by atoms with van der Waals surface area (Å²) in [5.74, 6) is -1.16. The molecule has 2 amide bonds. The van der Waals surface area contributed by atoms with E-state index in [1.807, 2.05) is 4.90 Å². The highest BCUT2D eigenvalue weighted by atomic mass is 32.2. The Labute approximate surface area is 136 Å². The summed E-state index contributed by atoms with van der Waals surface area (Å²) in [6, 6.07) is 6.26. The Balaban J connectivity index is 1.82. The van der Waals surface area contributed by atoms with Crippen molar-refractivity contribution in [1.82, 2.24) is 4.90 Å². The van der Waals surface area contributed by atoms with Gasteiger partial charge < -0.3 is 4.90 Å². The summed E-state index contributed by atoms with van der Waals surface area (Å²) in [5.41, 5.74) is 0.822. The molecule has 2 fully saturated rings. The second kappa shape index (κ2) is 5.96. The Hall–Kier alpha value is -1.89. The van der Waals surface area contributed by atoms with Gasteiger partial charge in [-0.1, -0.05) is 6.92 Å². The van der Waals surface area contributed by atoms with Crippen LogP contribution in [0.25, 0.3) is 0 Å². The van der Waals surface area contributed by atoms with Crippen LogP contribution in [-0.2, 0) is 14.8 Å². The van der Waals surface area contributed by atoms with E-state index in [1.54, 1.807) is 19.1 Å². The molecule has 0 saturated carbocycles. The van der Waals surface area contributed by atoms with Gasteiger partial charge in [0, 0.05) is 18.7 Å². The summed E-state index contributed by atoms with van der Waals surface area (Å²) in [7, 11) is -3.60. The van der Waals surface area contributed by atoms with Crippen LogP contribution in [0.15, 0.2) is 24.3 Å². The van der Waals surface area contributed by atoms with Gasteiger partial charge in [0.15, 0.2) is 0 Å². The smallest absolute Gasteiger partial charge is 0.253 e. The first-order valence-electron chi connectivity index (χ1n) is 7.86. The summed E-state index contributed by atoms with van der Waals surface area (Å²) in [6.07, 6.45) is 3.18. The molecule has 23 heavy (non-hydrogen) atoms. The number of amides is 2. The lowest BCUT2D eigenvalue weighted by atomic mass is 10.1. The van der Waals surface area contributed by atoms with Crippen LogP contribution in [0.2, 0.25) is 0 Å². The highest BCUT2D eigenvalue weighted by molar-refractivity contribution is 7.94. The van der Waals surface area contributed by atoms with E-state index in [-0.39, 0.29) is 11.7 Å². The minimum Gasteiger partial charge on any atom is -0.339 e. The summed E-state index contributed by atoms with van der Waals surface area (Å²) >= 11 is 0. The van der Waals surface area contributed by atoms with Gasteiger partial charge in [0.05, 0.1) is 17.4 Å². The SMILES string of the molecule is CC1CS(=O)(=O)N(c2ccc(C(=O)N3CCCCC3)cc2)C1=O. The second-order valence-corrected chi connectivity index (χ2v) is 8.04. The molecule has 6 nitrogen and oxygen atoms in total. The van der Waals surface area contributed by atoms with E-state index >= 15 is 0 Å². The van der Waals surface area contributed by atoms with Gasteiger partial charge in [-0.2, -0.15) is 0 Å². The molecule has 124 valence electrons. The molecular weight excluding hydrogens is 316 g/mol. The molecule has 2 aliphatic heterocycles. The van der Waals surface area contributed by atoms with Crippen molar-refractivity contribution in [2.75, 3.05) is 23.1 Å². The van der Waals surface area contributed by atoms with E-state index in [0.29, 0.717) is 11.3 Å². The fourth-order valence-corrected chi connectivity index (χ4v) is 4.93. The predicted octanol–water partition coefficient (Wildman–Crippen LogP) is 1.63. The quantitative estimate of drug-likeness (QED) is 0.822. The number of likely N-dealkylation sites (tertiary alicyclic amines) is 1. The van der Waals surface area contributed by atoms with Crippen LogP contribution >= 0.6 is 0 Å². The van der Waals surface area contributed by atoms with Gasteiger partial charge in [0.25, 0.3) is 5.91 Å². The van der Waals surface area contributed by atoms with Crippen molar-refractivity contribution < 1.29 is 18.0 Å². The van der Waals surface area contributed by atoms with Crippen molar-refractivity contribution in [3.05, 3.63) is 29.8 Å². The molecule has 3 rings (SSSR count). The van der Waals surface area contributed by atoms with E-state index in [2.05, 4.69) is 0 Å². The molecule has 1 unspecified atom stereocenters. The Bertz CT molecular complexity index is 721. The summed E-state index contributed by atoms with van der Waals surface area (Å²) < 4.78 is 25.0. The van der Waals surface area contributed by atoms with Gasteiger partial charge in [-0.05, 0) is 43.5 Å². The molecule has 2 saturated heterocycles. The third kappa shape index (κ3) is 2.97. The van der Waals surface area contributed by atoms with E-state index in [9.17, 15) is 18.0 Å². The second-order valence-electron chi connectivity index (χ2n) is 6.18. The predicted molar refractivity (Wildman–Crippen MR) is 86.6 cm³/mol. The molecule has 1 atom stereocenters. The number of hydrogen-bond acceptors (Lipinski definition) is 4. The number of carbonyl (C=O) groups excluding carboxylic acids is 2. The first kappa shape index (κ1) is 16.0. The minimum atomic E-state index is -3.60. The molecule has 0 N–H and O–H groups in total.